The first-order valence-corrected chi connectivity index (χ1v) is 6.93. The number of hydrogen-bond acceptors (Lipinski definition) is 5. The Balaban J connectivity index is 2.89. The Labute approximate surface area is 101 Å². The summed E-state index contributed by atoms with van der Waals surface area (Å²) in [7, 11) is -4.54. The molecule has 6 N–H and O–H groups in total. The van der Waals surface area contributed by atoms with Crippen LogP contribution in [0.5, 0.6) is 0 Å². The maximum absolute atomic E-state index is 13.6. The molecule has 0 aromatic rings. The lowest BCUT2D eigenvalue weighted by Gasteiger charge is -2.44. The fourth-order valence-corrected chi connectivity index (χ4v) is 2.59. The smallest absolute Gasteiger partial charge is 0.325 e. The minimum Gasteiger partial charge on any atom is -0.390 e. The molecule has 1 saturated carbocycles. The van der Waals surface area contributed by atoms with Crippen LogP contribution in [-0.4, -0.2) is 66.7 Å². The molecule has 10 heteroatoms. The van der Waals surface area contributed by atoms with Crippen molar-refractivity contribution in [1.82, 2.24) is 0 Å². The molecule has 0 aliphatic heterocycles. The second-order valence-electron chi connectivity index (χ2n) is 4.37. The largest absolute Gasteiger partial charge is 0.390 e. The van der Waals surface area contributed by atoms with Gasteiger partial charge in [-0.2, -0.15) is 0 Å². The predicted octanol–water partition coefficient (Wildman–Crippen LogP) is -1.74. The highest BCUT2D eigenvalue weighted by Gasteiger charge is 2.60. The molecule has 0 aromatic heterocycles. The van der Waals surface area contributed by atoms with Gasteiger partial charge in [0, 0.05) is 0 Å². The highest BCUT2D eigenvalue weighted by Crippen LogP contribution is 2.45. The van der Waals surface area contributed by atoms with Gasteiger partial charge >= 0.3 is 7.60 Å². The van der Waals surface area contributed by atoms with Crippen molar-refractivity contribution in [2.75, 3.05) is 6.16 Å². The van der Waals surface area contributed by atoms with Crippen LogP contribution in [0.25, 0.3) is 0 Å². The monoisotopic (exact) mass is 292 g/mol. The minimum absolute atomic E-state index is 0.792. The fourth-order valence-electron chi connectivity index (χ4n) is 1.97. The molecular weight excluding hydrogens is 277 g/mol. The van der Waals surface area contributed by atoms with E-state index in [1.54, 1.807) is 0 Å². The van der Waals surface area contributed by atoms with Gasteiger partial charge in [0.25, 0.3) is 5.92 Å². The molecule has 1 rings (SSSR count). The second-order valence-corrected chi connectivity index (χ2v) is 6.15. The van der Waals surface area contributed by atoms with Gasteiger partial charge in [-0.15, -0.1) is 0 Å². The van der Waals surface area contributed by atoms with Crippen LogP contribution in [0.15, 0.2) is 0 Å². The number of aliphatic hydroxyl groups excluding tert-OH is 4. The highest BCUT2D eigenvalue weighted by atomic mass is 31.2. The molecular formula is C8H15F2O7P. The summed E-state index contributed by atoms with van der Waals surface area (Å²) < 4.78 is 37.8. The van der Waals surface area contributed by atoms with Gasteiger partial charge in [-0.25, -0.2) is 8.78 Å². The molecule has 0 radical (unpaired) electrons. The van der Waals surface area contributed by atoms with Crippen LogP contribution in [0.4, 0.5) is 8.78 Å². The van der Waals surface area contributed by atoms with Gasteiger partial charge in [0.15, 0.2) is 0 Å². The highest BCUT2D eigenvalue weighted by molar-refractivity contribution is 7.51. The summed E-state index contributed by atoms with van der Waals surface area (Å²) >= 11 is 0. The van der Waals surface area contributed by atoms with Gasteiger partial charge < -0.3 is 30.2 Å². The molecule has 0 bridgehead atoms. The second kappa shape index (κ2) is 5.09. The number of hydrogen-bond donors (Lipinski definition) is 6. The summed E-state index contributed by atoms with van der Waals surface area (Å²) in [5.74, 6) is -5.99. The molecule has 0 spiro atoms. The van der Waals surface area contributed by atoms with E-state index in [9.17, 15) is 23.6 Å². The van der Waals surface area contributed by atoms with Gasteiger partial charge in [0.05, 0.1) is 18.2 Å². The Hall–Kier alpha value is -0.150. The van der Waals surface area contributed by atoms with E-state index in [1.807, 2.05) is 0 Å². The van der Waals surface area contributed by atoms with Crippen molar-refractivity contribution in [2.24, 2.45) is 5.92 Å². The van der Waals surface area contributed by atoms with Crippen molar-refractivity contribution in [3.05, 3.63) is 0 Å². The van der Waals surface area contributed by atoms with Crippen molar-refractivity contribution in [3.8, 4) is 0 Å². The molecule has 0 aromatic carbocycles. The summed E-state index contributed by atoms with van der Waals surface area (Å²) in [6.45, 7) is 0. The molecule has 1 fully saturated rings. The number of rotatable bonds is 3. The van der Waals surface area contributed by atoms with Crippen molar-refractivity contribution in [1.29, 1.82) is 0 Å². The molecule has 0 heterocycles. The molecule has 7 nitrogen and oxygen atoms in total. The third-order valence-electron chi connectivity index (χ3n) is 3.06. The first-order valence-electron chi connectivity index (χ1n) is 5.13. The van der Waals surface area contributed by atoms with Crippen molar-refractivity contribution < 1.29 is 43.6 Å². The van der Waals surface area contributed by atoms with Crippen molar-refractivity contribution in [3.63, 3.8) is 0 Å². The summed E-state index contributed by atoms with van der Waals surface area (Å²) in [5, 5.41) is 36.9. The lowest BCUT2D eigenvalue weighted by atomic mass is 9.76. The van der Waals surface area contributed by atoms with Crippen molar-refractivity contribution in [2.45, 2.75) is 36.8 Å². The van der Waals surface area contributed by atoms with E-state index in [0.29, 0.717) is 0 Å². The van der Waals surface area contributed by atoms with E-state index in [4.69, 9.17) is 20.0 Å². The van der Waals surface area contributed by atoms with E-state index in [0.717, 1.165) is 0 Å². The average molecular weight is 292 g/mol. The minimum atomic E-state index is -4.54. The third-order valence-corrected chi connectivity index (χ3v) is 3.90. The lowest BCUT2D eigenvalue weighted by molar-refractivity contribution is -0.268. The number of aliphatic hydroxyl groups is 4. The fraction of sp³-hybridized carbons (Fsp3) is 1.00. The Morgan fingerprint density at radius 1 is 1.00 bits per heavy atom. The van der Waals surface area contributed by atoms with Crippen LogP contribution >= 0.6 is 7.60 Å². The molecule has 5 atom stereocenters. The lowest BCUT2D eigenvalue weighted by Crippen LogP contribution is -2.64. The molecule has 1 aliphatic carbocycles. The van der Waals surface area contributed by atoms with E-state index in [-0.39, 0.29) is 0 Å². The first kappa shape index (κ1) is 15.9. The standard InChI is InChI=1S/C8H15F2O7P/c9-8(10)3(1-2-18(15,16)17)4(11)5(12)6(13)7(8)14/h3-7,11-14H,1-2H2,(H2,15,16,17)/t3-,4-,5+,6+,7-/m1/s1. The molecule has 108 valence electrons. The van der Waals surface area contributed by atoms with E-state index < -0.39 is 56.4 Å². The van der Waals surface area contributed by atoms with Gasteiger partial charge in [0.1, 0.15) is 18.3 Å². The van der Waals surface area contributed by atoms with Crippen LogP contribution in [-0.2, 0) is 4.57 Å². The zero-order valence-electron chi connectivity index (χ0n) is 9.10. The van der Waals surface area contributed by atoms with Crippen LogP contribution in [0.3, 0.4) is 0 Å². The summed E-state index contributed by atoms with van der Waals surface area (Å²) in [4.78, 5) is 17.2. The molecule has 18 heavy (non-hydrogen) atoms. The molecule has 1 aliphatic rings. The number of halogens is 2. The molecule has 0 unspecified atom stereocenters. The Kier molecular flexibility index (Phi) is 4.49. The predicted molar refractivity (Wildman–Crippen MR) is 54.0 cm³/mol. The van der Waals surface area contributed by atoms with Crippen LogP contribution in [0.2, 0.25) is 0 Å². The summed E-state index contributed by atoms with van der Waals surface area (Å²) in [6.07, 6.45) is -10.6. The SMILES string of the molecule is O=P(O)(O)CC[C@@H]1[C@@H](O)[C@H](O)[C@H](O)[C@@H](O)C1(F)F. The van der Waals surface area contributed by atoms with Gasteiger partial charge in [-0.05, 0) is 6.42 Å². The van der Waals surface area contributed by atoms with E-state index in [1.165, 1.54) is 0 Å². The average Bonchev–Trinajstić information content (AvgIpc) is 2.22. The summed E-state index contributed by atoms with van der Waals surface area (Å²) in [6, 6.07) is 0. The maximum atomic E-state index is 13.6. The quantitative estimate of drug-likeness (QED) is 0.340. The third kappa shape index (κ3) is 3.05. The molecule has 0 amide bonds. The Morgan fingerprint density at radius 2 is 1.50 bits per heavy atom. The van der Waals surface area contributed by atoms with Crippen LogP contribution in [0.1, 0.15) is 6.42 Å². The number of alkyl halides is 2. The molecule has 0 saturated heterocycles. The van der Waals surface area contributed by atoms with Gasteiger partial charge in [-0.3, -0.25) is 4.57 Å². The topological polar surface area (TPSA) is 138 Å². The van der Waals surface area contributed by atoms with Crippen LogP contribution < -0.4 is 0 Å². The van der Waals surface area contributed by atoms with Crippen LogP contribution in [0, 0.1) is 5.92 Å². The summed E-state index contributed by atoms with van der Waals surface area (Å²) in [5.41, 5.74) is 0. The van der Waals surface area contributed by atoms with Crippen molar-refractivity contribution >= 4 is 7.60 Å². The first-order chi connectivity index (χ1) is 7.98. The Morgan fingerprint density at radius 3 is 1.94 bits per heavy atom. The normalized spacial score (nSPS) is 40.8. The zero-order chi connectivity index (χ0) is 14.3. The van der Waals surface area contributed by atoms with Gasteiger partial charge in [0.2, 0.25) is 0 Å². The maximum Gasteiger partial charge on any atom is 0.325 e. The Bertz CT molecular complexity index is 346. The van der Waals surface area contributed by atoms with Gasteiger partial charge in [-0.1, -0.05) is 0 Å². The van der Waals surface area contributed by atoms with E-state index in [2.05, 4.69) is 0 Å². The zero-order valence-corrected chi connectivity index (χ0v) is 9.99. The van der Waals surface area contributed by atoms with E-state index >= 15 is 0 Å².